The lowest BCUT2D eigenvalue weighted by atomic mass is 10.1. The highest BCUT2D eigenvalue weighted by atomic mass is 16.5. The molecule has 3 atom stereocenters. The van der Waals surface area contributed by atoms with Gasteiger partial charge in [0.05, 0.1) is 7.11 Å². The summed E-state index contributed by atoms with van der Waals surface area (Å²) in [5.41, 5.74) is 0. The molecule has 0 radical (unpaired) electrons. The van der Waals surface area contributed by atoms with Gasteiger partial charge in [-0.3, -0.25) is 4.79 Å². The molecule has 1 aliphatic rings. The topological polar surface area (TPSA) is 38.3 Å². The molecule has 3 unspecified atom stereocenters. The highest BCUT2D eigenvalue weighted by Crippen LogP contribution is 2.24. The van der Waals surface area contributed by atoms with Crippen molar-refractivity contribution in [1.82, 2.24) is 5.32 Å². The average Bonchev–Trinajstić information content (AvgIpc) is 2.49. The van der Waals surface area contributed by atoms with Gasteiger partial charge in [-0.1, -0.05) is 6.92 Å². The van der Waals surface area contributed by atoms with E-state index < -0.39 is 0 Å². The van der Waals surface area contributed by atoms with Gasteiger partial charge in [-0.05, 0) is 32.1 Å². The second-order valence-corrected chi connectivity index (χ2v) is 4.03. The predicted molar refractivity (Wildman–Crippen MR) is 51.4 cm³/mol. The zero-order chi connectivity index (χ0) is 9.84. The maximum Gasteiger partial charge on any atom is 0.322 e. The van der Waals surface area contributed by atoms with Crippen LogP contribution in [0.3, 0.4) is 0 Å². The van der Waals surface area contributed by atoms with Gasteiger partial charge in [-0.25, -0.2) is 0 Å². The van der Waals surface area contributed by atoms with Crippen molar-refractivity contribution in [2.24, 2.45) is 5.92 Å². The molecule has 0 spiro atoms. The van der Waals surface area contributed by atoms with Crippen LogP contribution in [0.2, 0.25) is 0 Å². The van der Waals surface area contributed by atoms with Gasteiger partial charge in [-0.2, -0.15) is 0 Å². The van der Waals surface area contributed by atoms with Crippen LogP contribution in [0.15, 0.2) is 0 Å². The Bertz CT molecular complexity index is 182. The van der Waals surface area contributed by atoms with Gasteiger partial charge in [0, 0.05) is 6.04 Å². The lowest BCUT2D eigenvalue weighted by molar-refractivity contribution is -0.142. The summed E-state index contributed by atoms with van der Waals surface area (Å²) < 4.78 is 4.65. The van der Waals surface area contributed by atoms with Gasteiger partial charge >= 0.3 is 5.97 Å². The number of nitrogens with one attached hydrogen (secondary N) is 1. The Labute approximate surface area is 79.8 Å². The van der Waals surface area contributed by atoms with Crippen molar-refractivity contribution in [2.45, 2.75) is 45.2 Å². The number of rotatable bonds is 3. The Kier molecular flexibility index (Phi) is 3.72. The molecule has 0 aromatic rings. The van der Waals surface area contributed by atoms with Crippen LogP contribution < -0.4 is 5.32 Å². The first-order chi connectivity index (χ1) is 6.13. The molecule has 76 valence electrons. The molecule has 1 saturated carbocycles. The molecule has 1 fully saturated rings. The van der Waals surface area contributed by atoms with Crippen LogP contribution in [-0.2, 0) is 9.53 Å². The van der Waals surface area contributed by atoms with Crippen LogP contribution in [0, 0.1) is 5.92 Å². The summed E-state index contributed by atoms with van der Waals surface area (Å²) in [5.74, 6) is 0.627. The summed E-state index contributed by atoms with van der Waals surface area (Å²) in [6.45, 7) is 4.11. The third-order valence-electron chi connectivity index (χ3n) is 2.74. The average molecular weight is 185 g/mol. The standard InChI is InChI=1S/C10H19NO2/c1-7-4-5-9(6-7)11-8(2)10(12)13-3/h7-9,11H,4-6H2,1-3H3. The van der Waals surface area contributed by atoms with E-state index in [9.17, 15) is 4.79 Å². The van der Waals surface area contributed by atoms with E-state index in [1.165, 1.54) is 26.4 Å². The number of methoxy groups -OCH3 is 1. The minimum absolute atomic E-state index is 0.166. The highest BCUT2D eigenvalue weighted by Gasteiger charge is 2.24. The molecule has 3 heteroatoms. The predicted octanol–water partition coefficient (Wildman–Crippen LogP) is 1.33. The first kappa shape index (κ1) is 10.5. The largest absolute Gasteiger partial charge is 0.468 e. The van der Waals surface area contributed by atoms with Crippen LogP contribution in [-0.4, -0.2) is 25.2 Å². The lowest BCUT2D eigenvalue weighted by Gasteiger charge is -2.17. The summed E-state index contributed by atoms with van der Waals surface area (Å²) in [4.78, 5) is 11.1. The van der Waals surface area contributed by atoms with Crippen molar-refractivity contribution in [3.05, 3.63) is 0 Å². The van der Waals surface area contributed by atoms with E-state index in [1.54, 1.807) is 0 Å². The van der Waals surface area contributed by atoms with Crippen LogP contribution in [0.4, 0.5) is 0 Å². The van der Waals surface area contributed by atoms with Gasteiger partial charge in [0.15, 0.2) is 0 Å². The van der Waals surface area contributed by atoms with Gasteiger partial charge in [-0.15, -0.1) is 0 Å². The fraction of sp³-hybridized carbons (Fsp3) is 0.900. The van der Waals surface area contributed by atoms with E-state index in [-0.39, 0.29) is 12.0 Å². The van der Waals surface area contributed by atoms with Crippen LogP contribution in [0.5, 0.6) is 0 Å². The quantitative estimate of drug-likeness (QED) is 0.674. The smallest absolute Gasteiger partial charge is 0.322 e. The van der Waals surface area contributed by atoms with E-state index >= 15 is 0 Å². The molecule has 0 aromatic heterocycles. The number of esters is 1. The number of ether oxygens (including phenoxy) is 1. The second-order valence-electron chi connectivity index (χ2n) is 4.03. The minimum Gasteiger partial charge on any atom is -0.468 e. The summed E-state index contributed by atoms with van der Waals surface area (Å²) in [7, 11) is 1.43. The monoisotopic (exact) mass is 185 g/mol. The van der Waals surface area contributed by atoms with Crippen LogP contribution in [0.25, 0.3) is 0 Å². The molecule has 0 aromatic carbocycles. The Balaban J connectivity index is 2.28. The van der Waals surface area contributed by atoms with Gasteiger partial charge < -0.3 is 10.1 Å². The highest BCUT2D eigenvalue weighted by molar-refractivity contribution is 5.75. The summed E-state index contributed by atoms with van der Waals surface area (Å²) in [5, 5.41) is 3.29. The van der Waals surface area contributed by atoms with Crippen molar-refractivity contribution >= 4 is 5.97 Å². The Morgan fingerprint density at radius 1 is 1.54 bits per heavy atom. The van der Waals surface area contributed by atoms with E-state index in [4.69, 9.17) is 0 Å². The first-order valence-corrected chi connectivity index (χ1v) is 4.97. The Morgan fingerprint density at radius 2 is 2.23 bits per heavy atom. The van der Waals surface area contributed by atoms with Crippen LogP contribution >= 0.6 is 0 Å². The summed E-state index contributed by atoms with van der Waals surface area (Å²) in [6.07, 6.45) is 3.63. The number of hydrogen-bond acceptors (Lipinski definition) is 3. The number of carbonyl (C=O) groups is 1. The Morgan fingerprint density at radius 3 is 2.69 bits per heavy atom. The molecule has 1 aliphatic carbocycles. The minimum atomic E-state index is -0.167. The third-order valence-corrected chi connectivity index (χ3v) is 2.74. The third kappa shape index (κ3) is 2.99. The molecular weight excluding hydrogens is 166 g/mol. The molecular formula is C10H19NO2. The SMILES string of the molecule is COC(=O)C(C)NC1CCC(C)C1. The van der Waals surface area contributed by atoms with Crippen molar-refractivity contribution < 1.29 is 9.53 Å². The maximum absolute atomic E-state index is 11.1. The lowest BCUT2D eigenvalue weighted by Crippen LogP contribution is -2.40. The van der Waals surface area contributed by atoms with Gasteiger partial charge in [0.2, 0.25) is 0 Å². The molecule has 0 saturated heterocycles. The molecule has 0 aliphatic heterocycles. The second kappa shape index (κ2) is 4.61. The van der Waals surface area contributed by atoms with Gasteiger partial charge in [0.1, 0.15) is 6.04 Å². The van der Waals surface area contributed by atoms with E-state index in [0.29, 0.717) is 6.04 Å². The fourth-order valence-electron chi connectivity index (χ4n) is 1.96. The van der Waals surface area contributed by atoms with E-state index in [1.807, 2.05) is 6.92 Å². The van der Waals surface area contributed by atoms with Crippen molar-refractivity contribution in [2.75, 3.05) is 7.11 Å². The van der Waals surface area contributed by atoms with Crippen molar-refractivity contribution in [3.8, 4) is 0 Å². The zero-order valence-corrected chi connectivity index (χ0v) is 8.67. The zero-order valence-electron chi connectivity index (χ0n) is 8.67. The van der Waals surface area contributed by atoms with Gasteiger partial charge in [0.25, 0.3) is 0 Å². The van der Waals surface area contributed by atoms with E-state index in [0.717, 1.165) is 5.92 Å². The molecule has 0 bridgehead atoms. The summed E-state index contributed by atoms with van der Waals surface area (Å²) >= 11 is 0. The molecule has 1 N–H and O–H groups in total. The Hall–Kier alpha value is -0.570. The fourth-order valence-corrected chi connectivity index (χ4v) is 1.96. The van der Waals surface area contributed by atoms with Crippen LogP contribution in [0.1, 0.15) is 33.1 Å². The number of hydrogen-bond donors (Lipinski definition) is 1. The molecule has 0 heterocycles. The summed E-state index contributed by atoms with van der Waals surface area (Å²) in [6, 6.07) is 0.337. The molecule has 1 rings (SSSR count). The number of carbonyl (C=O) groups excluding carboxylic acids is 1. The maximum atomic E-state index is 11.1. The normalized spacial score (nSPS) is 30.1. The van der Waals surface area contributed by atoms with Crippen molar-refractivity contribution in [3.63, 3.8) is 0 Å². The molecule has 13 heavy (non-hydrogen) atoms. The molecule has 0 amide bonds. The first-order valence-electron chi connectivity index (χ1n) is 4.97. The molecule has 3 nitrogen and oxygen atoms in total. The van der Waals surface area contributed by atoms with Crippen molar-refractivity contribution in [1.29, 1.82) is 0 Å². The van der Waals surface area contributed by atoms with E-state index in [2.05, 4.69) is 17.0 Å².